The van der Waals surface area contributed by atoms with Crippen LogP contribution in [-0.4, -0.2) is 30.2 Å². The van der Waals surface area contributed by atoms with E-state index in [4.69, 9.17) is 9.47 Å². The van der Waals surface area contributed by atoms with Gasteiger partial charge in [0.15, 0.2) is 4.80 Å². The monoisotopic (exact) mass is 448 g/mol. The summed E-state index contributed by atoms with van der Waals surface area (Å²) in [6.45, 7) is 2.31. The van der Waals surface area contributed by atoms with Crippen molar-refractivity contribution in [1.29, 1.82) is 0 Å². The van der Waals surface area contributed by atoms with E-state index in [0.717, 1.165) is 14.7 Å². The lowest BCUT2D eigenvalue weighted by Crippen LogP contribution is -2.22. The van der Waals surface area contributed by atoms with Crippen LogP contribution >= 0.6 is 27.3 Å². The van der Waals surface area contributed by atoms with Gasteiger partial charge in [-0.15, -0.1) is 0 Å². The number of para-hydroxylation sites is 1. The maximum atomic E-state index is 12.6. The molecule has 0 fully saturated rings. The number of esters is 1. The Hall–Kier alpha value is -2.45. The molecule has 3 aromatic rings. The first-order chi connectivity index (χ1) is 13.0. The van der Waals surface area contributed by atoms with Crippen LogP contribution in [0.5, 0.6) is 5.75 Å². The number of rotatable bonds is 5. The second kappa shape index (κ2) is 8.49. The normalized spacial score (nSPS) is 11.6. The van der Waals surface area contributed by atoms with Gasteiger partial charge in [0.1, 0.15) is 17.8 Å². The van der Waals surface area contributed by atoms with Crippen molar-refractivity contribution >= 4 is 49.4 Å². The fourth-order valence-corrected chi connectivity index (χ4v) is 3.85. The van der Waals surface area contributed by atoms with Crippen LogP contribution in [0, 0.1) is 0 Å². The first-order valence-electron chi connectivity index (χ1n) is 8.20. The molecule has 1 heterocycles. The molecule has 0 aliphatic rings. The molecular formula is C19H17BrN2O4S. The zero-order valence-corrected chi connectivity index (χ0v) is 17.2. The second-order valence-electron chi connectivity index (χ2n) is 5.51. The average Bonchev–Trinajstić information content (AvgIpc) is 3.00. The maximum Gasteiger partial charge on any atom is 0.325 e. The van der Waals surface area contributed by atoms with Gasteiger partial charge >= 0.3 is 5.97 Å². The molecule has 0 saturated carbocycles. The van der Waals surface area contributed by atoms with Crippen LogP contribution in [0.15, 0.2) is 51.9 Å². The van der Waals surface area contributed by atoms with Crippen LogP contribution in [0.1, 0.15) is 17.3 Å². The number of ether oxygens (including phenoxy) is 2. The molecule has 1 amide bonds. The second-order valence-corrected chi connectivity index (χ2v) is 7.43. The molecule has 0 aliphatic heterocycles. The number of hydrogen-bond donors (Lipinski definition) is 0. The summed E-state index contributed by atoms with van der Waals surface area (Å²) in [6.07, 6.45) is 0. The molecule has 0 unspecified atom stereocenters. The topological polar surface area (TPSA) is 69.9 Å². The van der Waals surface area contributed by atoms with E-state index in [-0.39, 0.29) is 12.5 Å². The van der Waals surface area contributed by atoms with E-state index in [9.17, 15) is 9.59 Å². The van der Waals surface area contributed by atoms with E-state index in [1.54, 1.807) is 28.8 Å². The molecule has 0 bridgehead atoms. The summed E-state index contributed by atoms with van der Waals surface area (Å²) in [5.41, 5.74) is 1.18. The molecular weight excluding hydrogens is 432 g/mol. The molecule has 0 N–H and O–H groups in total. The zero-order chi connectivity index (χ0) is 19.4. The number of aromatic nitrogens is 1. The third-order valence-corrected chi connectivity index (χ3v) is 5.34. The van der Waals surface area contributed by atoms with Gasteiger partial charge in [0.2, 0.25) is 0 Å². The molecule has 27 heavy (non-hydrogen) atoms. The number of thiazole rings is 1. The Labute approximate surface area is 168 Å². The molecule has 0 saturated heterocycles. The molecule has 0 radical (unpaired) electrons. The molecule has 2 aromatic carbocycles. The summed E-state index contributed by atoms with van der Waals surface area (Å²) < 4.78 is 13.9. The number of methoxy groups -OCH3 is 1. The van der Waals surface area contributed by atoms with E-state index in [1.165, 1.54) is 18.4 Å². The summed E-state index contributed by atoms with van der Waals surface area (Å²) in [5.74, 6) is -0.183. The number of nitrogens with zero attached hydrogens (tertiary/aromatic N) is 2. The highest BCUT2D eigenvalue weighted by Gasteiger charge is 2.16. The summed E-state index contributed by atoms with van der Waals surface area (Å²) in [7, 11) is 1.32. The Kier molecular flexibility index (Phi) is 6.08. The molecule has 0 aliphatic carbocycles. The smallest absolute Gasteiger partial charge is 0.325 e. The van der Waals surface area contributed by atoms with Crippen LogP contribution in [0.25, 0.3) is 10.2 Å². The number of hydrogen-bond acceptors (Lipinski definition) is 5. The number of halogens is 1. The first-order valence-corrected chi connectivity index (χ1v) is 9.81. The van der Waals surface area contributed by atoms with Crippen LogP contribution in [-0.2, 0) is 16.1 Å². The van der Waals surface area contributed by atoms with Crippen molar-refractivity contribution in [2.24, 2.45) is 4.99 Å². The predicted molar refractivity (Wildman–Crippen MR) is 107 cm³/mol. The zero-order valence-electron chi connectivity index (χ0n) is 14.8. The third-order valence-electron chi connectivity index (χ3n) is 3.77. The van der Waals surface area contributed by atoms with Crippen molar-refractivity contribution in [2.45, 2.75) is 13.5 Å². The highest BCUT2D eigenvalue weighted by Crippen LogP contribution is 2.27. The minimum atomic E-state index is -0.432. The number of amides is 1. The van der Waals surface area contributed by atoms with Crippen molar-refractivity contribution in [3.8, 4) is 5.75 Å². The summed E-state index contributed by atoms with van der Waals surface area (Å²) in [4.78, 5) is 29.2. The van der Waals surface area contributed by atoms with Crippen LogP contribution in [0.3, 0.4) is 0 Å². The Morgan fingerprint density at radius 2 is 1.93 bits per heavy atom. The van der Waals surface area contributed by atoms with E-state index >= 15 is 0 Å². The van der Waals surface area contributed by atoms with Gasteiger partial charge in [-0.1, -0.05) is 33.3 Å². The van der Waals surface area contributed by atoms with Gasteiger partial charge in [-0.05, 0) is 43.3 Å². The van der Waals surface area contributed by atoms with Crippen LogP contribution < -0.4 is 9.54 Å². The molecule has 1 aromatic heterocycles. The summed E-state index contributed by atoms with van der Waals surface area (Å²) in [6, 6.07) is 12.5. The fourth-order valence-electron chi connectivity index (χ4n) is 2.54. The Bertz CT molecular complexity index is 1050. The number of fused-ring (bicyclic) bond motifs is 1. The van der Waals surface area contributed by atoms with Crippen molar-refractivity contribution in [3.63, 3.8) is 0 Å². The lowest BCUT2D eigenvalue weighted by atomic mass is 10.2. The third kappa shape index (κ3) is 4.28. The molecule has 6 nitrogen and oxygen atoms in total. The Morgan fingerprint density at radius 3 is 2.59 bits per heavy atom. The lowest BCUT2D eigenvalue weighted by Gasteiger charge is -2.08. The fraction of sp³-hybridized carbons (Fsp3) is 0.211. The maximum absolute atomic E-state index is 12.6. The first kappa shape index (κ1) is 19.3. The van der Waals surface area contributed by atoms with E-state index in [0.29, 0.717) is 22.7 Å². The summed E-state index contributed by atoms with van der Waals surface area (Å²) in [5, 5.41) is 0. The molecule has 140 valence electrons. The largest absolute Gasteiger partial charge is 0.492 e. The molecule has 8 heteroatoms. The minimum Gasteiger partial charge on any atom is -0.492 e. The van der Waals surface area contributed by atoms with Gasteiger partial charge in [-0.2, -0.15) is 4.99 Å². The van der Waals surface area contributed by atoms with Gasteiger partial charge in [-0.25, -0.2) is 0 Å². The SMILES string of the molecule is CCOc1cccc2sc(=NC(=O)c3ccc(Br)cc3)n(CC(=O)OC)c12. The Balaban J connectivity index is 2.17. The number of carbonyl (C=O) groups excluding carboxylic acids is 2. The Morgan fingerprint density at radius 1 is 1.19 bits per heavy atom. The van der Waals surface area contributed by atoms with E-state index in [2.05, 4.69) is 20.9 Å². The highest BCUT2D eigenvalue weighted by atomic mass is 79.9. The van der Waals surface area contributed by atoms with Crippen molar-refractivity contribution < 1.29 is 19.1 Å². The van der Waals surface area contributed by atoms with Gasteiger partial charge in [0.25, 0.3) is 5.91 Å². The van der Waals surface area contributed by atoms with Crippen molar-refractivity contribution in [2.75, 3.05) is 13.7 Å². The summed E-state index contributed by atoms with van der Waals surface area (Å²) >= 11 is 4.67. The van der Waals surface area contributed by atoms with Crippen molar-refractivity contribution in [3.05, 3.63) is 57.3 Å². The number of carbonyl (C=O) groups is 2. The van der Waals surface area contributed by atoms with E-state index < -0.39 is 5.97 Å². The standard InChI is InChI=1S/C19H17BrN2O4S/c1-3-26-14-5-4-6-15-17(14)22(11-16(23)25-2)19(27-15)21-18(24)12-7-9-13(20)10-8-12/h4-10H,3,11H2,1-2H3. The number of benzene rings is 2. The lowest BCUT2D eigenvalue weighted by molar-refractivity contribution is -0.141. The van der Waals surface area contributed by atoms with Crippen LogP contribution in [0.2, 0.25) is 0 Å². The quantitative estimate of drug-likeness (QED) is 0.556. The average molecular weight is 449 g/mol. The van der Waals surface area contributed by atoms with Crippen molar-refractivity contribution in [1.82, 2.24) is 4.57 Å². The molecule has 0 spiro atoms. The van der Waals surface area contributed by atoms with E-state index in [1.807, 2.05) is 25.1 Å². The van der Waals surface area contributed by atoms with Gasteiger partial charge in [0, 0.05) is 10.0 Å². The minimum absolute atomic E-state index is 0.0625. The van der Waals surface area contributed by atoms with Gasteiger partial charge < -0.3 is 14.0 Å². The van der Waals surface area contributed by atoms with Gasteiger partial charge in [-0.3, -0.25) is 9.59 Å². The van der Waals surface area contributed by atoms with Crippen LogP contribution in [0.4, 0.5) is 0 Å². The highest BCUT2D eigenvalue weighted by molar-refractivity contribution is 9.10. The molecule has 3 rings (SSSR count). The predicted octanol–water partition coefficient (Wildman–Crippen LogP) is 3.78. The molecule has 0 atom stereocenters. The van der Waals surface area contributed by atoms with Gasteiger partial charge in [0.05, 0.1) is 18.4 Å².